The lowest BCUT2D eigenvalue weighted by Crippen LogP contribution is -2.36. The summed E-state index contributed by atoms with van der Waals surface area (Å²) in [6.07, 6.45) is 3.60. The summed E-state index contributed by atoms with van der Waals surface area (Å²) < 4.78 is 0. The van der Waals surface area contributed by atoms with Gasteiger partial charge in [0.15, 0.2) is 10.8 Å². The summed E-state index contributed by atoms with van der Waals surface area (Å²) in [5.41, 5.74) is -0.914. The Bertz CT molecular complexity index is 415. The van der Waals surface area contributed by atoms with E-state index in [2.05, 4.69) is 4.98 Å². The Morgan fingerprint density at radius 1 is 1.62 bits per heavy atom. The van der Waals surface area contributed by atoms with Crippen molar-refractivity contribution in [2.45, 2.75) is 26.2 Å². The first-order valence-electron chi connectivity index (χ1n) is 5.23. The Morgan fingerprint density at radius 3 is 2.94 bits per heavy atom. The minimum Gasteiger partial charge on any atom is -0.481 e. The number of aliphatic carboxylic acids is 1. The number of aromatic nitrogens is 1. The highest BCUT2D eigenvalue weighted by atomic mass is 32.1. The average molecular weight is 239 g/mol. The number of nitrogens with zero attached hydrogens (tertiary/aromatic N) is 1. The molecule has 1 N–H and O–H groups in total. The maximum Gasteiger partial charge on any atom is 0.310 e. The first kappa shape index (κ1) is 11.3. The number of hydrogen-bond donors (Lipinski definition) is 1. The highest BCUT2D eigenvalue weighted by molar-refractivity contribution is 7.11. The first-order valence-corrected chi connectivity index (χ1v) is 6.11. The summed E-state index contributed by atoms with van der Waals surface area (Å²) in [6.45, 7) is 1.67. The van der Waals surface area contributed by atoms with E-state index in [9.17, 15) is 14.7 Å². The first-order chi connectivity index (χ1) is 7.55. The summed E-state index contributed by atoms with van der Waals surface area (Å²) in [4.78, 5) is 27.3. The zero-order chi connectivity index (χ0) is 11.8. The fraction of sp³-hybridized carbons (Fsp3) is 0.545. The number of carboxylic acid groups (broad SMARTS) is 1. The molecule has 0 aliphatic heterocycles. The normalized spacial score (nSPS) is 29.2. The zero-order valence-electron chi connectivity index (χ0n) is 8.97. The second kappa shape index (κ2) is 3.97. The predicted molar refractivity (Wildman–Crippen MR) is 59.5 cm³/mol. The maximum atomic E-state index is 12.1. The topological polar surface area (TPSA) is 67.3 Å². The summed E-state index contributed by atoms with van der Waals surface area (Å²) in [7, 11) is 0. The average Bonchev–Trinajstić information content (AvgIpc) is 2.85. The van der Waals surface area contributed by atoms with Crippen LogP contribution in [0.15, 0.2) is 11.6 Å². The molecule has 1 saturated carbocycles. The monoisotopic (exact) mass is 239 g/mol. The highest BCUT2D eigenvalue weighted by Crippen LogP contribution is 2.45. The minimum absolute atomic E-state index is 0.114. The van der Waals surface area contributed by atoms with Crippen molar-refractivity contribution in [2.75, 3.05) is 0 Å². The van der Waals surface area contributed by atoms with Crippen LogP contribution in [0.5, 0.6) is 0 Å². The van der Waals surface area contributed by atoms with Crippen LogP contribution in [0.25, 0.3) is 0 Å². The molecule has 4 nitrogen and oxygen atoms in total. The Morgan fingerprint density at radius 2 is 2.38 bits per heavy atom. The fourth-order valence-electron chi connectivity index (χ4n) is 2.34. The van der Waals surface area contributed by atoms with E-state index in [1.807, 2.05) is 0 Å². The SMILES string of the molecule is CC1(C(=O)O)CCCC1C(=O)c1nccs1. The van der Waals surface area contributed by atoms with Crippen LogP contribution in [0.2, 0.25) is 0 Å². The molecule has 1 heterocycles. The van der Waals surface area contributed by atoms with Crippen LogP contribution in [0, 0.1) is 11.3 Å². The van der Waals surface area contributed by atoms with E-state index < -0.39 is 17.3 Å². The van der Waals surface area contributed by atoms with E-state index in [1.54, 1.807) is 18.5 Å². The molecule has 0 aromatic carbocycles. The van der Waals surface area contributed by atoms with Crippen LogP contribution in [0.1, 0.15) is 36.0 Å². The van der Waals surface area contributed by atoms with Gasteiger partial charge in [-0.25, -0.2) is 4.98 Å². The maximum absolute atomic E-state index is 12.1. The fourth-order valence-corrected chi connectivity index (χ4v) is 2.97. The largest absolute Gasteiger partial charge is 0.481 e. The van der Waals surface area contributed by atoms with Gasteiger partial charge in [0.25, 0.3) is 0 Å². The molecule has 86 valence electrons. The Kier molecular flexibility index (Phi) is 2.80. The van der Waals surface area contributed by atoms with Crippen LogP contribution in [-0.2, 0) is 4.79 Å². The third-order valence-corrected chi connectivity index (χ3v) is 4.19. The highest BCUT2D eigenvalue weighted by Gasteiger charge is 2.49. The lowest BCUT2D eigenvalue weighted by atomic mass is 9.77. The van der Waals surface area contributed by atoms with Crippen LogP contribution in [0.3, 0.4) is 0 Å². The molecule has 16 heavy (non-hydrogen) atoms. The molecule has 2 unspecified atom stereocenters. The summed E-state index contributed by atoms with van der Waals surface area (Å²) in [5, 5.41) is 11.4. The molecule has 0 saturated heterocycles. The van der Waals surface area contributed by atoms with Crippen LogP contribution in [0.4, 0.5) is 0 Å². The van der Waals surface area contributed by atoms with Crippen LogP contribution < -0.4 is 0 Å². The molecule has 1 fully saturated rings. The summed E-state index contributed by atoms with van der Waals surface area (Å²) >= 11 is 1.28. The van der Waals surface area contributed by atoms with Crippen molar-refractivity contribution >= 4 is 23.1 Å². The molecule has 0 spiro atoms. The van der Waals surface area contributed by atoms with Crippen LogP contribution >= 0.6 is 11.3 Å². The van der Waals surface area contributed by atoms with Crippen molar-refractivity contribution in [1.82, 2.24) is 4.98 Å². The molecule has 1 aliphatic carbocycles. The van der Waals surface area contributed by atoms with Crippen molar-refractivity contribution in [3.05, 3.63) is 16.6 Å². The van der Waals surface area contributed by atoms with Crippen molar-refractivity contribution < 1.29 is 14.7 Å². The molecule has 2 atom stereocenters. The van der Waals surface area contributed by atoms with Gasteiger partial charge in [-0.3, -0.25) is 9.59 Å². The lowest BCUT2D eigenvalue weighted by Gasteiger charge is -2.24. The van der Waals surface area contributed by atoms with E-state index in [-0.39, 0.29) is 5.78 Å². The Labute approximate surface area is 97.3 Å². The summed E-state index contributed by atoms with van der Waals surface area (Å²) in [5.74, 6) is -1.41. The van der Waals surface area contributed by atoms with Crippen molar-refractivity contribution in [2.24, 2.45) is 11.3 Å². The van der Waals surface area contributed by atoms with Crippen molar-refractivity contribution in [3.63, 3.8) is 0 Å². The number of ketones is 1. The molecular formula is C11H13NO3S. The smallest absolute Gasteiger partial charge is 0.310 e. The molecule has 2 rings (SSSR count). The molecule has 1 aromatic heterocycles. The van der Waals surface area contributed by atoms with Gasteiger partial charge in [-0.05, 0) is 19.8 Å². The van der Waals surface area contributed by atoms with Gasteiger partial charge < -0.3 is 5.11 Å². The standard InChI is InChI=1S/C11H13NO3S/c1-11(10(14)15)4-2-3-7(11)8(13)9-12-5-6-16-9/h5-7H,2-4H2,1H3,(H,14,15). The number of carbonyl (C=O) groups is 2. The quantitative estimate of drug-likeness (QED) is 0.821. The molecule has 1 aromatic rings. The number of rotatable bonds is 3. The molecule has 0 radical (unpaired) electrons. The van der Waals surface area contributed by atoms with E-state index in [0.717, 1.165) is 6.42 Å². The van der Waals surface area contributed by atoms with E-state index >= 15 is 0 Å². The Hall–Kier alpha value is -1.23. The van der Waals surface area contributed by atoms with Crippen molar-refractivity contribution in [3.8, 4) is 0 Å². The number of carboxylic acids is 1. The number of carbonyl (C=O) groups excluding carboxylic acids is 1. The zero-order valence-corrected chi connectivity index (χ0v) is 9.79. The van der Waals surface area contributed by atoms with Gasteiger partial charge in [-0.15, -0.1) is 11.3 Å². The number of thiazole rings is 1. The van der Waals surface area contributed by atoms with Gasteiger partial charge in [-0.2, -0.15) is 0 Å². The molecular weight excluding hydrogens is 226 g/mol. The molecule has 0 bridgehead atoms. The molecule has 1 aliphatic rings. The van der Waals surface area contributed by atoms with Crippen LogP contribution in [-0.4, -0.2) is 21.8 Å². The third-order valence-electron chi connectivity index (χ3n) is 3.41. The second-order valence-corrected chi connectivity index (χ2v) is 5.26. The Balaban J connectivity index is 2.27. The predicted octanol–water partition coefficient (Wildman–Crippen LogP) is 2.22. The molecule has 5 heteroatoms. The van der Waals surface area contributed by atoms with Gasteiger partial charge in [0, 0.05) is 17.5 Å². The minimum atomic E-state index is -0.914. The van der Waals surface area contributed by atoms with Gasteiger partial charge >= 0.3 is 5.97 Å². The number of Topliss-reactive ketones (excluding diaryl/α,β-unsaturated/α-hetero) is 1. The van der Waals surface area contributed by atoms with Gasteiger partial charge in [0.1, 0.15) is 0 Å². The van der Waals surface area contributed by atoms with Gasteiger partial charge in [-0.1, -0.05) is 6.42 Å². The van der Waals surface area contributed by atoms with Gasteiger partial charge in [0.05, 0.1) is 5.41 Å². The van der Waals surface area contributed by atoms with E-state index in [4.69, 9.17) is 0 Å². The second-order valence-electron chi connectivity index (χ2n) is 4.37. The third kappa shape index (κ3) is 1.65. The molecule has 0 amide bonds. The number of hydrogen-bond acceptors (Lipinski definition) is 4. The van der Waals surface area contributed by atoms with E-state index in [1.165, 1.54) is 11.3 Å². The van der Waals surface area contributed by atoms with E-state index in [0.29, 0.717) is 17.8 Å². The lowest BCUT2D eigenvalue weighted by molar-refractivity contribution is -0.149. The van der Waals surface area contributed by atoms with Crippen molar-refractivity contribution in [1.29, 1.82) is 0 Å². The summed E-state index contributed by atoms with van der Waals surface area (Å²) in [6, 6.07) is 0. The van der Waals surface area contributed by atoms with Gasteiger partial charge in [0.2, 0.25) is 0 Å².